The smallest absolute Gasteiger partial charge is 0.234 e. The maximum absolute atomic E-state index is 12.5. The molecule has 1 fully saturated rings. The molecule has 1 aromatic rings. The van der Waals surface area contributed by atoms with E-state index in [1.807, 2.05) is 12.3 Å². The minimum atomic E-state index is -0.836. The second-order valence-electron chi connectivity index (χ2n) is 5.39. The molecule has 0 spiro atoms. The Balaban J connectivity index is 2.09. The van der Waals surface area contributed by atoms with Crippen molar-refractivity contribution in [3.8, 4) is 0 Å². The summed E-state index contributed by atoms with van der Waals surface area (Å²) in [5, 5.41) is 19.1. The fraction of sp³-hybridized carbons (Fsp3) is 0.571. The van der Waals surface area contributed by atoms with Crippen LogP contribution in [0.4, 0.5) is 0 Å². The third kappa shape index (κ3) is 2.80. The maximum Gasteiger partial charge on any atom is 0.234 e. The topological polar surface area (TPSA) is 87.7 Å². The largest absolute Gasteiger partial charge is 0.409 e. The lowest BCUT2D eigenvalue weighted by atomic mass is 9.72. The van der Waals surface area contributed by atoms with E-state index in [2.05, 4.69) is 15.9 Å². The summed E-state index contributed by atoms with van der Waals surface area (Å²) < 4.78 is 0. The molecular formula is C14H21N3O2S. The number of carbonyl (C=O) groups is 1. The predicted molar refractivity (Wildman–Crippen MR) is 79.8 cm³/mol. The van der Waals surface area contributed by atoms with Crippen LogP contribution in [0.2, 0.25) is 0 Å². The van der Waals surface area contributed by atoms with Crippen LogP contribution in [0.5, 0.6) is 0 Å². The molecule has 4 N–H and O–H groups in total. The number of aryl methyl sites for hydroxylation is 1. The van der Waals surface area contributed by atoms with Crippen LogP contribution in [0.15, 0.2) is 15.9 Å². The van der Waals surface area contributed by atoms with Crippen LogP contribution in [0.3, 0.4) is 0 Å². The minimum Gasteiger partial charge on any atom is -0.409 e. The first-order valence-corrected chi connectivity index (χ1v) is 7.82. The fourth-order valence-electron chi connectivity index (χ4n) is 2.76. The van der Waals surface area contributed by atoms with Gasteiger partial charge >= 0.3 is 0 Å². The highest BCUT2D eigenvalue weighted by Crippen LogP contribution is 2.37. The Kier molecular flexibility index (Phi) is 4.65. The van der Waals surface area contributed by atoms with Crippen LogP contribution < -0.4 is 11.1 Å². The Hall–Kier alpha value is -1.56. The average Bonchev–Trinajstić information content (AvgIpc) is 2.89. The van der Waals surface area contributed by atoms with Crippen molar-refractivity contribution in [2.75, 3.05) is 0 Å². The molecule has 0 saturated heterocycles. The van der Waals surface area contributed by atoms with Gasteiger partial charge < -0.3 is 16.3 Å². The van der Waals surface area contributed by atoms with E-state index in [-0.39, 0.29) is 11.7 Å². The molecule has 0 bridgehead atoms. The third-order valence-corrected chi connectivity index (χ3v) is 5.05. The van der Waals surface area contributed by atoms with Gasteiger partial charge in [-0.15, -0.1) is 0 Å². The molecule has 1 amide bonds. The molecule has 20 heavy (non-hydrogen) atoms. The zero-order chi connectivity index (χ0) is 14.6. The number of nitrogens with zero attached hydrogens (tertiary/aromatic N) is 1. The van der Waals surface area contributed by atoms with Crippen LogP contribution in [0.1, 0.15) is 43.2 Å². The highest BCUT2D eigenvalue weighted by atomic mass is 32.1. The summed E-state index contributed by atoms with van der Waals surface area (Å²) in [5.74, 6) is -0.0881. The van der Waals surface area contributed by atoms with E-state index in [0.717, 1.165) is 24.8 Å². The molecule has 5 nitrogen and oxygen atoms in total. The number of thiophene rings is 1. The standard InChI is InChI=1S/C14H21N3O2S/c1-10-8-20-9-11(10)7-16-13(18)14(12(15)17-19)5-3-2-4-6-14/h8-9,19H,2-7H2,1H3,(H2,15,17)(H,16,18). The Morgan fingerprint density at radius 1 is 1.45 bits per heavy atom. The van der Waals surface area contributed by atoms with Gasteiger partial charge in [-0.25, -0.2) is 0 Å². The first-order valence-electron chi connectivity index (χ1n) is 6.88. The Labute approximate surface area is 122 Å². The number of oxime groups is 1. The molecule has 0 atom stereocenters. The van der Waals surface area contributed by atoms with Gasteiger partial charge in [0.05, 0.1) is 0 Å². The van der Waals surface area contributed by atoms with Gasteiger partial charge in [-0.3, -0.25) is 4.79 Å². The second kappa shape index (κ2) is 6.26. The van der Waals surface area contributed by atoms with Crippen molar-refractivity contribution in [3.63, 3.8) is 0 Å². The molecule has 0 aliphatic heterocycles. The molecule has 0 unspecified atom stereocenters. The van der Waals surface area contributed by atoms with Crippen LogP contribution in [0.25, 0.3) is 0 Å². The van der Waals surface area contributed by atoms with Crippen molar-refractivity contribution in [3.05, 3.63) is 21.9 Å². The molecule has 1 aliphatic rings. The zero-order valence-corrected chi connectivity index (χ0v) is 12.5. The summed E-state index contributed by atoms with van der Waals surface area (Å²) >= 11 is 1.62. The Morgan fingerprint density at radius 2 is 2.15 bits per heavy atom. The van der Waals surface area contributed by atoms with E-state index in [4.69, 9.17) is 10.9 Å². The lowest BCUT2D eigenvalue weighted by molar-refractivity contribution is -0.129. The fourth-order valence-corrected chi connectivity index (χ4v) is 3.62. The molecule has 110 valence electrons. The predicted octanol–water partition coefficient (Wildman–Crippen LogP) is 2.37. The molecule has 0 radical (unpaired) electrons. The van der Waals surface area contributed by atoms with Crippen molar-refractivity contribution in [1.29, 1.82) is 0 Å². The highest BCUT2D eigenvalue weighted by Gasteiger charge is 2.43. The normalized spacial score (nSPS) is 18.8. The number of nitrogens with two attached hydrogens (primary N) is 1. The molecule has 1 aromatic heterocycles. The van der Waals surface area contributed by atoms with Gasteiger partial charge in [-0.1, -0.05) is 24.4 Å². The molecule has 0 aromatic carbocycles. The Bertz CT molecular complexity index is 504. The molecule has 2 rings (SSSR count). The number of amides is 1. The van der Waals surface area contributed by atoms with Gasteiger partial charge in [0.25, 0.3) is 0 Å². The number of rotatable bonds is 4. The van der Waals surface area contributed by atoms with Gasteiger partial charge in [-0.2, -0.15) is 11.3 Å². The molecule has 1 heterocycles. The van der Waals surface area contributed by atoms with Crippen LogP contribution in [-0.2, 0) is 11.3 Å². The van der Waals surface area contributed by atoms with Crippen molar-refractivity contribution in [1.82, 2.24) is 5.32 Å². The summed E-state index contributed by atoms with van der Waals surface area (Å²) in [6.45, 7) is 2.52. The van der Waals surface area contributed by atoms with Gasteiger partial charge in [0.15, 0.2) is 5.84 Å². The van der Waals surface area contributed by atoms with Crippen molar-refractivity contribution in [2.45, 2.75) is 45.6 Å². The highest BCUT2D eigenvalue weighted by molar-refractivity contribution is 7.08. The van der Waals surface area contributed by atoms with E-state index in [9.17, 15) is 4.79 Å². The zero-order valence-electron chi connectivity index (χ0n) is 11.7. The first kappa shape index (κ1) is 14.8. The maximum atomic E-state index is 12.5. The molecular weight excluding hydrogens is 274 g/mol. The number of hydrogen-bond acceptors (Lipinski definition) is 4. The van der Waals surface area contributed by atoms with Gasteiger partial charge in [-0.05, 0) is 41.7 Å². The van der Waals surface area contributed by atoms with Crippen LogP contribution in [0, 0.1) is 12.3 Å². The van der Waals surface area contributed by atoms with E-state index in [0.29, 0.717) is 19.4 Å². The third-order valence-electron chi connectivity index (χ3n) is 4.14. The van der Waals surface area contributed by atoms with E-state index in [1.165, 1.54) is 5.56 Å². The second-order valence-corrected chi connectivity index (χ2v) is 6.13. The van der Waals surface area contributed by atoms with Crippen molar-refractivity contribution < 1.29 is 10.0 Å². The number of amidine groups is 1. The lowest BCUT2D eigenvalue weighted by Crippen LogP contribution is -2.50. The van der Waals surface area contributed by atoms with E-state index >= 15 is 0 Å². The lowest BCUT2D eigenvalue weighted by Gasteiger charge is -2.34. The quantitative estimate of drug-likeness (QED) is 0.345. The monoisotopic (exact) mass is 295 g/mol. The average molecular weight is 295 g/mol. The summed E-state index contributed by atoms with van der Waals surface area (Å²) in [6, 6.07) is 0. The van der Waals surface area contributed by atoms with Crippen molar-refractivity contribution >= 4 is 23.1 Å². The summed E-state index contributed by atoms with van der Waals surface area (Å²) in [4.78, 5) is 12.5. The van der Waals surface area contributed by atoms with Crippen LogP contribution >= 0.6 is 11.3 Å². The number of carbonyl (C=O) groups excluding carboxylic acids is 1. The first-order chi connectivity index (χ1) is 9.60. The van der Waals surface area contributed by atoms with Gasteiger partial charge in [0, 0.05) is 6.54 Å². The summed E-state index contributed by atoms with van der Waals surface area (Å²) in [7, 11) is 0. The number of hydrogen-bond donors (Lipinski definition) is 3. The molecule has 6 heteroatoms. The SMILES string of the molecule is Cc1cscc1CNC(=O)C1(/C(N)=N/O)CCCCC1. The number of nitrogens with one attached hydrogen (secondary N) is 1. The Morgan fingerprint density at radius 3 is 2.70 bits per heavy atom. The summed E-state index contributed by atoms with van der Waals surface area (Å²) in [5.41, 5.74) is 7.26. The summed E-state index contributed by atoms with van der Waals surface area (Å²) in [6.07, 6.45) is 4.26. The molecule has 1 saturated carbocycles. The van der Waals surface area contributed by atoms with Gasteiger partial charge in [0.2, 0.25) is 5.91 Å². The van der Waals surface area contributed by atoms with Gasteiger partial charge in [0.1, 0.15) is 5.41 Å². The molecule has 1 aliphatic carbocycles. The minimum absolute atomic E-state index is 0.0386. The van der Waals surface area contributed by atoms with E-state index in [1.54, 1.807) is 11.3 Å². The van der Waals surface area contributed by atoms with Crippen molar-refractivity contribution in [2.24, 2.45) is 16.3 Å². The van der Waals surface area contributed by atoms with E-state index < -0.39 is 5.41 Å². The van der Waals surface area contributed by atoms with Crippen LogP contribution in [-0.4, -0.2) is 17.0 Å².